The Bertz CT molecular complexity index is 1720. The maximum Gasteiger partial charge on any atom is 0.338 e. The fourth-order valence-corrected chi connectivity index (χ4v) is 5.86. The molecule has 0 fully saturated rings. The van der Waals surface area contributed by atoms with Crippen LogP contribution in [0.2, 0.25) is 0 Å². The Balaban J connectivity index is 1.61. The van der Waals surface area contributed by atoms with Gasteiger partial charge in [-0.15, -0.1) is 11.8 Å². The first kappa shape index (κ1) is 26.7. The molecule has 0 saturated heterocycles. The number of carbonyl (C=O) groups is 1. The number of rotatable bonds is 7. The van der Waals surface area contributed by atoms with E-state index in [1.807, 2.05) is 91.2 Å². The SMILES string of the molecule is CSc1ccc(C2C(C(=O)OC(C)C)=C(C)N=c3sc(=Cc4cccc(Oc5ccccc5)c4)c(=O)n32)cc1. The number of carbonyl (C=O) groups excluding carboxylic acids is 1. The first-order chi connectivity index (χ1) is 18.8. The molecule has 1 aliphatic rings. The lowest BCUT2D eigenvalue weighted by Crippen LogP contribution is -2.40. The predicted octanol–water partition coefficient (Wildman–Crippen LogP) is 5.70. The average molecular weight is 557 g/mol. The quantitative estimate of drug-likeness (QED) is 0.216. The molecule has 0 aliphatic carbocycles. The number of esters is 1. The Hall–Kier alpha value is -3.88. The number of hydrogen-bond donors (Lipinski definition) is 0. The highest BCUT2D eigenvalue weighted by Gasteiger charge is 2.33. The number of allylic oxidation sites excluding steroid dienone is 1. The minimum Gasteiger partial charge on any atom is -0.459 e. The highest BCUT2D eigenvalue weighted by Crippen LogP contribution is 2.32. The number of para-hydroxylation sites is 1. The predicted molar refractivity (Wildman–Crippen MR) is 156 cm³/mol. The zero-order valence-corrected chi connectivity index (χ0v) is 23.7. The van der Waals surface area contributed by atoms with Crippen molar-refractivity contribution in [2.24, 2.45) is 4.99 Å². The Labute approximate surface area is 235 Å². The van der Waals surface area contributed by atoms with E-state index in [1.165, 1.54) is 11.3 Å². The first-order valence-electron chi connectivity index (χ1n) is 12.5. The summed E-state index contributed by atoms with van der Waals surface area (Å²) in [7, 11) is 0. The second kappa shape index (κ2) is 11.5. The van der Waals surface area contributed by atoms with Crippen LogP contribution in [-0.4, -0.2) is 22.9 Å². The Morgan fingerprint density at radius 2 is 1.74 bits per heavy atom. The van der Waals surface area contributed by atoms with Gasteiger partial charge in [0.15, 0.2) is 4.80 Å². The largest absolute Gasteiger partial charge is 0.459 e. The van der Waals surface area contributed by atoms with Gasteiger partial charge < -0.3 is 9.47 Å². The number of fused-ring (bicyclic) bond motifs is 1. The molecule has 198 valence electrons. The molecule has 8 heteroatoms. The van der Waals surface area contributed by atoms with Gasteiger partial charge in [-0.2, -0.15) is 0 Å². The fraction of sp³-hybridized carbons (Fsp3) is 0.194. The monoisotopic (exact) mass is 556 g/mol. The first-order valence-corrected chi connectivity index (χ1v) is 14.6. The summed E-state index contributed by atoms with van der Waals surface area (Å²) in [4.78, 5) is 33.4. The summed E-state index contributed by atoms with van der Waals surface area (Å²) < 4.78 is 13.7. The van der Waals surface area contributed by atoms with Crippen LogP contribution in [0.3, 0.4) is 0 Å². The van der Waals surface area contributed by atoms with Gasteiger partial charge in [-0.3, -0.25) is 9.36 Å². The molecule has 3 aromatic carbocycles. The Morgan fingerprint density at radius 3 is 2.44 bits per heavy atom. The summed E-state index contributed by atoms with van der Waals surface area (Å²) in [5.41, 5.74) is 2.35. The van der Waals surface area contributed by atoms with E-state index in [0.717, 1.165) is 21.8 Å². The van der Waals surface area contributed by atoms with Crippen LogP contribution in [0, 0.1) is 0 Å². The molecule has 2 heterocycles. The normalized spacial score (nSPS) is 15.2. The maximum atomic E-state index is 13.9. The molecule has 5 rings (SSSR count). The van der Waals surface area contributed by atoms with E-state index in [-0.39, 0.29) is 11.7 Å². The van der Waals surface area contributed by atoms with Crippen LogP contribution in [0.1, 0.15) is 37.9 Å². The van der Waals surface area contributed by atoms with Gasteiger partial charge in [0.05, 0.1) is 27.9 Å². The number of nitrogens with zero attached hydrogens (tertiary/aromatic N) is 2. The summed E-state index contributed by atoms with van der Waals surface area (Å²) in [5.74, 6) is 0.937. The zero-order chi connectivity index (χ0) is 27.5. The second-order valence-corrected chi connectivity index (χ2v) is 11.2. The van der Waals surface area contributed by atoms with Gasteiger partial charge in [0, 0.05) is 4.90 Å². The number of hydrogen-bond acceptors (Lipinski definition) is 7. The van der Waals surface area contributed by atoms with Crippen molar-refractivity contribution in [2.45, 2.75) is 37.8 Å². The molecule has 6 nitrogen and oxygen atoms in total. The third-order valence-electron chi connectivity index (χ3n) is 6.15. The molecule has 0 radical (unpaired) electrons. The van der Waals surface area contributed by atoms with E-state index < -0.39 is 12.0 Å². The topological polar surface area (TPSA) is 69.9 Å². The molecule has 0 N–H and O–H groups in total. The minimum atomic E-state index is -0.640. The van der Waals surface area contributed by atoms with Crippen molar-refractivity contribution in [3.05, 3.63) is 121 Å². The van der Waals surface area contributed by atoms with Crippen LogP contribution in [0.5, 0.6) is 11.5 Å². The summed E-state index contributed by atoms with van der Waals surface area (Å²) in [6.45, 7) is 5.41. The second-order valence-electron chi connectivity index (χ2n) is 9.30. The van der Waals surface area contributed by atoms with Gasteiger partial charge in [0.1, 0.15) is 11.5 Å². The van der Waals surface area contributed by atoms with Gasteiger partial charge in [0.2, 0.25) is 0 Å². The van der Waals surface area contributed by atoms with E-state index in [4.69, 9.17) is 9.47 Å². The van der Waals surface area contributed by atoms with Crippen LogP contribution >= 0.6 is 23.1 Å². The zero-order valence-electron chi connectivity index (χ0n) is 22.1. The highest BCUT2D eigenvalue weighted by atomic mass is 32.2. The van der Waals surface area contributed by atoms with Crippen molar-refractivity contribution in [3.8, 4) is 11.5 Å². The standard InChI is InChI=1S/C31H28N2O4S2/c1-19(2)36-30(35)27-20(3)32-31-33(28(27)22-13-15-25(38-4)16-14-22)29(34)26(39-31)18-21-9-8-12-24(17-21)37-23-10-6-5-7-11-23/h5-19,28H,1-4H3. The lowest BCUT2D eigenvalue weighted by molar-refractivity contribution is -0.143. The summed E-state index contributed by atoms with van der Waals surface area (Å²) in [6, 6.07) is 24.4. The molecule has 0 bridgehead atoms. The Morgan fingerprint density at radius 1 is 1.03 bits per heavy atom. The van der Waals surface area contributed by atoms with Crippen LogP contribution in [-0.2, 0) is 9.53 Å². The van der Waals surface area contributed by atoms with Crippen molar-refractivity contribution in [1.29, 1.82) is 0 Å². The minimum absolute atomic E-state index is 0.213. The van der Waals surface area contributed by atoms with Crippen LogP contribution in [0.15, 0.2) is 105 Å². The third kappa shape index (κ3) is 5.77. The number of benzene rings is 3. The number of thioether (sulfide) groups is 1. The molecule has 0 saturated carbocycles. The molecular formula is C31H28N2O4S2. The Kier molecular flexibility index (Phi) is 7.86. The maximum absolute atomic E-state index is 13.9. The van der Waals surface area contributed by atoms with E-state index >= 15 is 0 Å². The van der Waals surface area contributed by atoms with Gasteiger partial charge in [-0.05, 0) is 80.6 Å². The van der Waals surface area contributed by atoms with Crippen molar-refractivity contribution in [2.75, 3.05) is 6.26 Å². The molecule has 1 unspecified atom stereocenters. The number of aromatic nitrogens is 1. The van der Waals surface area contributed by atoms with E-state index in [0.29, 0.717) is 26.4 Å². The van der Waals surface area contributed by atoms with Crippen molar-refractivity contribution >= 4 is 35.1 Å². The molecule has 0 amide bonds. The van der Waals surface area contributed by atoms with Gasteiger partial charge in [-0.1, -0.05) is 53.8 Å². The van der Waals surface area contributed by atoms with Crippen LogP contribution < -0.4 is 19.6 Å². The lowest BCUT2D eigenvalue weighted by Gasteiger charge is -2.25. The van der Waals surface area contributed by atoms with Gasteiger partial charge in [-0.25, -0.2) is 9.79 Å². The molecule has 1 aliphatic heterocycles. The van der Waals surface area contributed by atoms with Gasteiger partial charge in [0.25, 0.3) is 5.56 Å². The summed E-state index contributed by atoms with van der Waals surface area (Å²) >= 11 is 2.93. The average Bonchev–Trinajstić information content (AvgIpc) is 3.22. The summed E-state index contributed by atoms with van der Waals surface area (Å²) in [6.07, 6.45) is 3.54. The number of ether oxygens (including phenoxy) is 2. The van der Waals surface area contributed by atoms with Gasteiger partial charge >= 0.3 is 5.97 Å². The van der Waals surface area contributed by atoms with Crippen molar-refractivity contribution < 1.29 is 14.3 Å². The fourth-order valence-electron chi connectivity index (χ4n) is 4.41. The van der Waals surface area contributed by atoms with Crippen molar-refractivity contribution in [3.63, 3.8) is 0 Å². The van der Waals surface area contributed by atoms with E-state index in [1.54, 1.807) is 37.1 Å². The molecule has 4 aromatic rings. The molecule has 1 aromatic heterocycles. The molecule has 39 heavy (non-hydrogen) atoms. The van der Waals surface area contributed by atoms with E-state index in [2.05, 4.69) is 4.99 Å². The highest BCUT2D eigenvalue weighted by molar-refractivity contribution is 7.98. The molecular weight excluding hydrogens is 528 g/mol. The summed E-state index contributed by atoms with van der Waals surface area (Å²) in [5, 5.41) is 0. The van der Waals surface area contributed by atoms with Crippen LogP contribution in [0.4, 0.5) is 0 Å². The molecule has 0 spiro atoms. The number of thiazole rings is 1. The van der Waals surface area contributed by atoms with Crippen LogP contribution in [0.25, 0.3) is 6.08 Å². The van der Waals surface area contributed by atoms with E-state index in [9.17, 15) is 9.59 Å². The smallest absolute Gasteiger partial charge is 0.338 e. The lowest BCUT2D eigenvalue weighted by atomic mass is 9.96. The van der Waals surface area contributed by atoms with Crippen molar-refractivity contribution in [1.82, 2.24) is 4.57 Å². The third-order valence-corrected chi connectivity index (χ3v) is 7.88. The molecule has 1 atom stereocenters.